The predicted molar refractivity (Wildman–Crippen MR) is 103 cm³/mol. The predicted octanol–water partition coefficient (Wildman–Crippen LogP) is 4.96. The summed E-state index contributed by atoms with van der Waals surface area (Å²) < 4.78 is 28.6. The third-order valence-electron chi connectivity index (χ3n) is 4.13. The normalized spacial score (nSPS) is 11.0. The molecule has 134 valence electrons. The van der Waals surface area contributed by atoms with Crippen LogP contribution in [-0.2, 0) is 5.75 Å². The van der Waals surface area contributed by atoms with Crippen LogP contribution in [0.15, 0.2) is 82.7 Å². The van der Waals surface area contributed by atoms with E-state index in [1.54, 1.807) is 18.2 Å². The third-order valence-corrected chi connectivity index (χ3v) is 5.12. The number of aromatic nitrogens is 2. The number of para-hydroxylation sites is 2. The molecule has 3 nitrogen and oxygen atoms in total. The van der Waals surface area contributed by atoms with Crippen molar-refractivity contribution in [2.45, 2.75) is 10.9 Å². The van der Waals surface area contributed by atoms with Gasteiger partial charge in [0.05, 0.1) is 16.6 Å². The highest BCUT2D eigenvalue weighted by Crippen LogP contribution is 2.25. The molecule has 0 saturated carbocycles. The quantitative estimate of drug-likeness (QED) is 0.371. The van der Waals surface area contributed by atoms with E-state index in [1.165, 1.54) is 28.5 Å². The lowest BCUT2D eigenvalue weighted by molar-refractivity contribution is 0.576. The van der Waals surface area contributed by atoms with E-state index >= 15 is 0 Å². The van der Waals surface area contributed by atoms with Gasteiger partial charge in [-0.3, -0.25) is 9.36 Å². The molecule has 0 aliphatic rings. The molecule has 0 spiro atoms. The van der Waals surface area contributed by atoms with Gasteiger partial charge in [0.25, 0.3) is 5.56 Å². The van der Waals surface area contributed by atoms with E-state index in [9.17, 15) is 13.6 Å². The molecule has 0 aliphatic heterocycles. The molecule has 0 radical (unpaired) electrons. The molecule has 3 aromatic carbocycles. The SMILES string of the molecule is O=c1c2ccccc2nc(SCc2ccc(F)cc2F)n1-c1ccccc1. The molecule has 0 amide bonds. The number of hydrogen-bond acceptors (Lipinski definition) is 3. The van der Waals surface area contributed by atoms with Crippen molar-refractivity contribution in [3.05, 3.63) is 100 Å². The minimum atomic E-state index is -0.619. The Balaban J connectivity index is 1.82. The maximum absolute atomic E-state index is 14.0. The van der Waals surface area contributed by atoms with Gasteiger partial charge in [-0.2, -0.15) is 0 Å². The Bertz CT molecular complexity index is 1180. The molecule has 0 fully saturated rings. The molecule has 0 unspecified atom stereocenters. The van der Waals surface area contributed by atoms with Crippen LogP contribution >= 0.6 is 11.8 Å². The molecule has 1 heterocycles. The van der Waals surface area contributed by atoms with Gasteiger partial charge in [0, 0.05) is 11.8 Å². The molecular weight excluding hydrogens is 366 g/mol. The summed E-state index contributed by atoms with van der Waals surface area (Å²) in [5.41, 5.74) is 1.43. The zero-order valence-electron chi connectivity index (χ0n) is 14.1. The fourth-order valence-corrected chi connectivity index (χ4v) is 3.79. The molecule has 0 atom stereocenters. The first-order valence-corrected chi connectivity index (χ1v) is 9.26. The van der Waals surface area contributed by atoms with E-state index in [1.807, 2.05) is 36.4 Å². The van der Waals surface area contributed by atoms with Gasteiger partial charge < -0.3 is 0 Å². The number of benzene rings is 3. The average molecular weight is 380 g/mol. The van der Waals surface area contributed by atoms with Gasteiger partial charge >= 0.3 is 0 Å². The summed E-state index contributed by atoms with van der Waals surface area (Å²) in [7, 11) is 0. The van der Waals surface area contributed by atoms with Crippen LogP contribution in [0.4, 0.5) is 8.78 Å². The summed E-state index contributed by atoms with van der Waals surface area (Å²) in [6.45, 7) is 0. The van der Waals surface area contributed by atoms with E-state index in [2.05, 4.69) is 4.98 Å². The number of rotatable bonds is 4. The number of fused-ring (bicyclic) bond motifs is 1. The van der Waals surface area contributed by atoms with Crippen LogP contribution in [0.5, 0.6) is 0 Å². The summed E-state index contributed by atoms with van der Waals surface area (Å²) in [4.78, 5) is 17.7. The fraction of sp³-hybridized carbons (Fsp3) is 0.0476. The van der Waals surface area contributed by atoms with Crippen molar-refractivity contribution in [2.24, 2.45) is 0 Å². The molecule has 6 heteroatoms. The maximum Gasteiger partial charge on any atom is 0.266 e. The van der Waals surface area contributed by atoms with Crippen molar-refractivity contribution >= 4 is 22.7 Å². The Kier molecular flexibility index (Phi) is 4.73. The topological polar surface area (TPSA) is 34.9 Å². The van der Waals surface area contributed by atoms with Gasteiger partial charge in [-0.1, -0.05) is 48.2 Å². The van der Waals surface area contributed by atoms with Crippen molar-refractivity contribution < 1.29 is 8.78 Å². The van der Waals surface area contributed by atoms with Gasteiger partial charge in [0.15, 0.2) is 5.16 Å². The molecule has 1 aromatic heterocycles. The highest BCUT2D eigenvalue weighted by molar-refractivity contribution is 7.98. The van der Waals surface area contributed by atoms with Crippen LogP contribution in [0.3, 0.4) is 0 Å². The number of halogens is 2. The van der Waals surface area contributed by atoms with Gasteiger partial charge in [-0.25, -0.2) is 13.8 Å². The molecule has 4 aromatic rings. The largest absolute Gasteiger partial charge is 0.268 e. The molecular formula is C21H14F2N2OS. The first kappa shape index (κ1) is 17.4. The second-order valence-corrected chi connectivity index (χ2v) is 6.85. The molecule has 4 rings (SSSR count). The first-order chi connectivity index (χ1) is 13.1. The Morgan fingerprint density at radius 3 is 2.44 bits per heavy atom. The zero-order valence-corrected chi connectivity index (χ0v) is 14.9. The molecule has 0 bridgehead atoms. The summed E-state index contributed by atoms with van der Waals surface area (Å²) >= 11 is 1.23. The van der Waals surface area contributed by atoms with Gasteiger partial charge in [-0.05, 0) is 35.9 Å². The number of nitrogens with zero attached hydrogens (tertiary/aromatic N) is 2. The summed E-state index contributed by atoms with van der Waals surface area (Å²) in [5, 5.41) is 0.965. The van der Waals surface area contributed by atoms with Crippen molar-refractivity contribution in [1.29, 1.82) is 0 Å². The number of hydrogen-bond donors (Lipinski definition) is 0. The Labute approximate surface area is 158 Å². The Morgan fingerprint density at radius 1 is 0.926 bits per heavy atom. The van der Waals surface area contributed by atoms with Crippen LogP contribution in [0.2, 0.25) is 0 Å². The lowest BCUT2D eigenvalue weighted by Crippen LogP contribution is -2.21. The second-order valence-electron chi connectivity index (χ2n) is 5.91. The van der Waals surface area contributed by atoms with E-state index in [-0.39, 0.29) is 11.3 Å². The first-order valence-electron chi connectivity index (χ1n) is 8.27. The summed E-state index contributed by atoms with van der Waals surface area (Å²) in [5.74, 6) is -1.01. The van der Waals surface area contributed by atoms with Crippen LogP contribution in [-0.4, -0.2) is 9.55 Å². The van der Waals surface area contributed by atoms with Crippen LogP contribution in [0.25, 0.3) is 16.6 Å². The maximum atomic E-state index is 14.0. The highest BCUT2D eigenvalue weighted by Gasteiger charge is 2.14. The fourth-order valence-electron chi connectivity index (χ4n) is 2.79. The molecule has 0 saturated heterocycles. The smallest absolute Gasteiger partial charge is 0.266 e. The monoisotopic (exact) mass is 380 g/mol. The average Bonchev–Trinajstić information content (AvgIpc) is 2.68. The van der Waals surface area contributed by atoms with Gasteiger partial charge in [-0.15, -0.1) is 0 Å². The number of thioether (sulfide) groups is 1. The summed E-state index contributed by atoms with van der Waals surface area (Å²) in [6.07, 6.45) is 0. The van der Waals surface area contributed by atoms with Gasteiger partial charge in [0.2, 0.25) is 0 Å². The Hall–Kier alpha value is -2.99. The van der Waals surface area contributed by atoms with Crippen LogP contribution in [0.1, 0.15) is 5.56 Å². The zero-order chi connectivity index (χ0) is 18.8. The molecule has 0 aliphatic carbocycles. The van der Waals surface area contributed by atoms with E-state index in [0.29, 0.717) is 27.3 Å². The lowest BCUT2D eigenvalue weighted by atomic mass is 10.2. The van der Waals surface area contributed by atoms with Crippen molar-refractivity contribution in [3.63, 3.8) is 0 Å². The van der Waals surface area contributed by atoms with Crippen molar-refractivity contribution in [1.82, 2.24) is 9.55 Å². The third kappa shape index (κ3) is 3.48. The highest BCUT2D eigenvalue weighted by atomic mass is 32.2. The van der Waals surface area contributed by atoms with E-state index < -0.39 is 11.6 Å². The Morgan fingerprint density at radius 2 is 1.67 bits per heavy atom. The van der Waals surface area contributed by atoms with Gasteiger partial charge in [0.1, 0.15) is 11.6 Å². The second kappa shape index (κ2) is 7.32. The van der Waals surface area contributed by atoms with Crippen molar-refractivity contribution in [3.8, 4) is 5.69 Å². The van der Waals surface area contributed by atoms with Crippen molar-refractivity contribution in [2.75, 3.05) is 0 Å². The van der Waals surface area contributed by atoms with Crippen LogP contribution in [0, 0.1) is 11.6 Å². The lowest BCUT2D eigenvalue weighted by Gasteiger charge is -2.13. The summed E-state index contributed by atoms with van der Waals surface area (Å²) in [6, 6.07) is 19.8. The standard InChI is InChI=1S/C21H14F2N2OS/c22-15-11-10-14(18(23)12-15)13-27-21-24-19-9-5-4-8-17(19)20(26)25(21)16-6-2-1-3-7-16/h1-12H,13H2. The van der Waals surface area contributed by atoms with E-state index in [4.69, 9.17) is 0 Å². The minimum absolute atomic E-state index is 0.186. The van der Waals surface area contributed by atoms with E-state index in [0.717, 1.165) is 6.07 Å². The minimum Gasteiger partial charge on any atom is -0.268 e. The van der Waals surface area contributed by atoms with Crippen LogP contribution < -0.4 is 5.56 Å². The molecule has 0 N–H and O–H groups in total. The molecule has 27 heavy (non-hydrogen) atoms.